The van der Waals surface area contributed by atoms with Gasteiger partial charge in [-0.1, -0.05) is 0 Å². The van der Waals surface area contributed by atoms with Crippen LogP contribution in [0.5, 0.6) is 11.5 Å². The van der Waals surface area contributed by atoms with E-state index in [0.717, 1.165) is 0 Å². The van der Waals surface area contributed by atoms with E-state index in [1.165, 1.54) is 33.5 Å². The first-order valence-electron chi connectivity index (χ1n) is 5.31. The van der Waals surface area contributed by atoms with Crippen molar-refractivity contribution in [2.75, 3.05) is 27.9 Å². The summed E-state index contributed by atoms with van der Waals surface area (Å²) in [7, 11) is 4.16. The van der Waals surface area contributed by atoms with E-state index in [4.69, 9.17) is 15.2 Å². The third-order valence-corrected chi connectivity index (χ3v) is 2.51. The smallest absolute Gasteiger partial charge is 0.337 e. The predicted molar refractivity (Wildman–Crippen MR) is 64.9 cm³/mol. The van der Waals surface area contributed by atoms with Crippen LogP contribution in [-0.2, 0) is 4.74 Å². The number of aliphatic hydroxyl groups excluding tert-OH is 1. The maximum Gasteiger partial charge on any atom is 0.337 e. The van der Waals surface area contributed by atoms with Crippen LogP contribution in [0.4, 0.5) is 0 Å². The van der Waals surface area contributed by atoms with Crippen LogP contribution in [-0.4, -0.2) is 38.9 Å². The van der Waals surface area contributed by atoms with Gasteiger partial charge < -0.3 is 25.1 Å². The number of methoxy groups -OCH3 is 3. The second-order valence-corrected chi connectivity index (χ2v) is 3.54. The highest BCUT2D eigenvalue weighted by Gasteiger charge is 2.20. The topological polar surface area (TPSA) is 91.0 Å². The van der Waals surface area contributed by atoms with E-state index in [9.17, 15) is 9.90 Å². The highest BCUT2D eigenvalue weighted by molar-refractivity contribution is 5.90. The van der Waals surface area contributed by atoms with Gasteiger partial charge in [-0.3, -0.25) is 0 Å². The molecule has 0 spiro atoms. The van der Waals surface area contributed by atoms with Crippen molar-refractivity contribution in [2.45, 2.75) is 6.10 Å². The molecule has 6 heteroatoms. The normalized spacial score (nSPS) is 11.8. The Bertz CT molecular complexity index is 433. The van der Waals surface area contributed by atoms with Gasteiger partial charge in [0.2, 0.25) is 0 Å². The van der Waals surface area contributed by atoms with E-state index in [0.29, 0.717) is 17.1 Å². The molecule has 0 bridgehead atoms. The molecule has 1 rings (SSSR count). The van der Waals surface area contributed by atoms with Crippen molar-refractivity contribution in [1.82, 2.24) is 0 Å². The number of carbonyl (C=O) groups excluding carboxylic acids is 1. The van der Waals surface area contributed by atoms with Crippen LogP contribution in [0.15, 0.2) is 12.1 Å². The quantitative estimate of drug-likeness (QED) is 0.744. The van der Waals surface area contributed by atoms with Crippen molar-refractivity contribution < 1.29 is 24.1 Å². The van der Waals surface area contributed by atoms with Gasteiger partial charge in [0.05, 0.1) is 33.0 Å². The van der Waals surface area contributed by atoms with Crippen molar-refractivity contribution >= 4 is 5.97 Å². The lowest BCUT2D eigenvalue weighted by Gasteiger charge is -2.17. The van der Waals surface area contributed by atoms with E-state index in [2.05, 4.69) is 4.74 Å². The molecule has 1 aromatic carbocycles. The maximum absolute atomic E-state index is 11.5. The zero-order valence-corrected chi connectivity index (χ0v) is 10.6. The molecule has 0 aliphatic carbocycles. The molecule has 0 heterocycles. The summed E-state index contributed by atoms with van der Waals surface area (Å²) < 4.78 is 14.9. The minimum Gasteiger partial charge on any atom is -0.493 e. The van der Waals surface area contributed by atoms with E-state index in [1.54, 1.807) is 0 Å². The predicted octanol–water partition coefficient (Wildman–Crippen LogP) is 0.482. The second-order valence-electron chi connectivity index (χ2n) is 3.54. The number of benzene rings is 1. The number of nitrogens with two attached hydrogens (primary N) is 1. The van der Waals surface area contributed by atoms with Crippen molar-refractivity contribution in [1.29, 1.82) is 0 Å². The Balaban J connectivity index is 3.40. The summed E-state index contributed by atoms with van der Waals surface area (Å²) in [6.45, 7) is 0.00411. The molecule has 3 N–H and O–H groups in total. The number of esters is 1. The molecule has 0 saturated carbocycles. The Kier molecular flexibility index (Phi) is 4.94. The van der Waals surface area contributed by atoms with Crippen molar-refractivity contribution in [2.24, 2.45) is 5.73 Å². The molecule has 0 radical (unpaired) electrons. The molecule has 1 aromatic rings. The average molecular weight is 255 g/mol. The molecule has 100 valence electrons. The molecular formula is C12H17NO5. The molecule has 0 aliphatic heterocycles. The summed E-state index contributed by atoms with van der Waals surface area (Å²) in [6.07, 6.45) is -0.946. The minimum atomic E-state index is -0.946. The van der Waals surface area contributed by atoms with Crippen molar-refractivity contribution in [3.63, 3.8) is 0 Å². The SMILES string of the molecule is COC(=O)c1cc(OC)c(OC)c(C(O)CN)c1. The fraction of sp³-hybridized carbons (Fsp3) is 0.417. The Morgan fingerprint density at radius 2 is 2.00 bits per heavy atom. The summed E-state index contributed by atoms with van der Waals surface area (Å²) in [5.74, 6) is 0.160. The third-order valence-electron chi connectivity index (χ3n) is 2.51. The first-order valence-corrected chi connectivity index (χ1v) is 5.31. The molecule has 1 atom stereocenters. The fourth-order valence-corrected chi connectivity index (χ4v) is 1.60. The van der Waals surface area contributed by atoms with Crippen LogP contribution >= 0.6 is 0 Å². The summed E-state index contributed by atoms with van der Waals surface area (Å²) in [5.41, 5.74) is 6.07. The molecule has 6 nitrogen and oxygen atoms in total. The van der Waals surface area contributed by atoms with Gasteiger partial charge in [-0.05, 0) is 12.1 Å². The number of hydrogen-bond acceptors (Lipinski definition) is 6. The first-order chi connectivity index (χ1) is 8.58. The standard InChI is InChI=1S/C12H17NO5/c1-16-10-5-7(12(15)18-3)4-8(9(14)6-13)11(10)17-2/h4-5,9,14H,6,13H2,1-3H3. The van der Waals surface area contributed by atoms with Gasteiger partial charge >= 0.3 is 5.97 Å². The van der Waals surface area contributed by atoms with Crippen LogP contribution < -0.4 is 15.2 Å². The Labute approximate surface area is 105 Å². The Hall–Kier alpha value is -1.79. The maximum atomic E-state index is 11.5. The lowest BCUT2D eigenvalue weighted by Crippen LogP contribution is -2.14. The number of hydrogen-bond donors (Lipinski definition) is 2. The van der Waals surface area contributed by atoms with Gasteiger partial charge in [0.1, 0.15) is 0 Å². The summed E-state index contributed by atoms with van der Waals surface area (Å²) in [4.78, 5) is 11.5. The molecule has 0 aliphatic rings. The van der Waals surface area contributed by atoms with Crippen molar-refractivity contribution in [3.8, 4) is 11.5 Å². The van der Waals surface area contributed by atoms with Crippen LogP contribution in [0.1, 0.15) is 22.0 Å². The number of aliphatic hydroxyl groups is 1. The van der Waals surface area contributed by atoms with Crippen LogP contribution in [0.3, 0.4) is 0 Å². The summed E-state index contributed by atoms with van der Waals surface area (Å²) in [6, 6.07) is 2.96. The first kappa shape index (κ1) is 14.3. The van der Waals surface area contributed by atoms with E-state index in [-0.39, 0.29) is 12.1 Å². The monoisotopic (exact) mass is 255 g/mol. The van der Waals surface area contributed by atoms with E-state index < -0.39 is 12.1 Å². The van der Waals surface area contributed by atoms with Crippen molar-refractivity contribution in [3.05, 3.63) is 23.3 Å². The lowest BCUT2D eigenvalue weighted by atomic mass is 10.0. The van der Waals surface area contributed by atoms with Gasteiger partial charge in [0.15, 0.2) is 11.5 Å². The highest BCUT2D eigenvalue weighted by Crippen LogP contribution is 2.36. The second kappa shape index (κ2) is 6.23. The van der Waals surface area contributed by atoms with Gasteiger partial charge in [-0.25, -0.2) is 4.79 Å². The van der Waals surface area contributed by atoms with Gasteiger partial charge in [-0.15, -0.1) is 0 Å². The van der Waals surface area contributed by atoms with Gasteiger partial charge in [0, 0.05) is 12.1 Å². The average Bonchev–Trinajstić information content (AvgIpc) is 2.43. The Morgan fingerprint density at radius 3 is 2.44 bits per heavy atom. The molecular weight excluding hydrogens is 238 g/mol. The summed E-state index contributed by atoms with van der Waals surface area (Å²) in [5, 5.41) is 9.83. The number of rotatable bonds is 5. The largest absolute Gasteiger partial charge is 0.493 e. The van der Waals surface area contributed by atoms with E-state index >= 15 is 0 Å². The minimum absolute atomic E-state index is 0.00411. The zero-order chi connectivity index (χ0) is 13.7. The number of carbonyl (C=O) groups is 1. The summed E-state index contributed by atoms with van der Waals surface area (Å²) >= 11 is 0. The molecule has 18 heavy (non-hydrogen) atoms. The highest BCUT2D eigenvalue weighted by atomic mass is 16.5. The molecule has 0 saturated heterocycles. The van der Waals surface area contributed by atoms with Crippen LogP contribution in [0.25, 0.3) is 0 Å². The Morgan fingerprint density at radius 1 is 1.33 bits per heavy atom. The molecule has 0 aromatic heterocycles. The van der Waals surface area contributed by atoms with Crippen LogP contribution in [0.2, 0.25) is 0 Å². The fourth-order valence-electron chi connectivity index (χ4n) is 1.60. The molecule has 1 unspecified atom stereocenters. The van der Waals surface area contributed by atoms with Gasteiger partial charge in [0.25, 0.3) is 0 Å². The molecule has 0 amide bonds. The zero-order valence-electron chi connectivity index (χ0n) is 10.6. The number of ether oxygens (including phenoxy) is 3. The van der Waals surface area contributed by atoms with Gasteiger partial charge in [-0.2, -0.15) is 0 Å². The van der Waals surface area contributed by atoms with E-state index in [1.807, 2.05) is 0 Å². The lowest BCUT2D eigenvalue weighted by molar-refractivity contribution is 0.0600. The third kappa shape index (κ3) is 2.72. The molecule has 0 fully saturated rings. The van der Waals surface area contributed by atoms with Crippen LogP contribution in [0, 0.1) is 0 Å².